The molecule has 5 rings (SSSR count). The molecule has 3 aromatic heterocycles. The van der Waals surface area contributed by atoms with Crippen LogP contribution in [0, 0.1) is 0 Å². The zero-order valence-electron chi connectivity index (χ0n) is 14.8. The molecule has 138 valence electrons. The van der Waals surface area contributed by atoms with Crippen molar-refractivity contribution < 1.29 is 9.15 Å². The first-order valence-electron chi connectivity index (χ1n) is 9.19. The van der Waals surface area contributed by atoms with Crippen molar-refractivity contribution in [3.8, 4) is 10.9 Å². The van der Waals surface area contributed by atoms with Crippen LogP contribution in [0.5, 0.6) is 10.9 Å². The number of ether oxygens (including phenoxy) is 1. The summed E-state index contributed by atoms with van der Waals surface area (Å²) < 4.78 is 13.7. The predicted molar refractivity (Wildman–Crippen MR) is 110 cm³/mol. The summed E-state index contributed by atoms with van der Waals surface area (Å²) in [5.74, 6) is 0.747. The van der Waals surface area contributed by atoms with Gasteiger partial charge in [0, 0.05) is 0 Å². The number of rotatable bonds is 5. The monoisotopic (exact) mass is 441 g/mol. The average molecular weight is 441 g/mol. The Bertz CT molecular complexity index is 1040. The zero-order valence-corrected chi connectivity index (χ0v) is 17.7. The molecule has 5 nitrogen and oxygen atoms in total. The normalized spacial score (nSPS) is 16.0. The number of piperidine rings is 1. The van der Waals surface area contributed by atoms with Gasteiger partial charge in [0.15, 0.2) is 0 Å². The first-order valence-corrected chi connectivity index (χ1v) is 12.7. The topological polar surface area (TPSA) is 60.2 Å². The summed E-state index contributed by atoms with van der Waals surface area (Å²) in [6.07, 6.45) is 6.35. The molecule has 0 amide bonds. The van der Waals surface area contributed by atoms with Gasteiger partial charge in [-0.2, -0.15) is 0 Å². The quantitative estimate of drug-likeness (QED) is 0.467. The van der Waals surface area contributed by atoms with Crippen molar-refractivity contribution in [2.45, 2.75) is 22.8 Å². The number of nitrogens with zero attached hydrogens (tertiary/aromatic N) is 2. The number of thiazole rings is 1. The summed E-state index contributed by atoms with van der Waals surface area (Å²) in [5.41, 5.74) is 2.96. The Kier molecular flexibility index (Phi) is 4.87. The second-order valence-corrected chi connectivity index (χ2v) is 11.0. The third-order valence-corrected chi connectivity index (χ3v) is 9.44. The first-order chi connectivity index (χ1) is 13.3. The Morgan fingerprint density at radius 3 is 3.07 bits per heavy atom. The predicted octanol–water partition coefficient (Wildman–Crippen LogP) is 4.34. The van der Waals surface area contributed by atoms with Crippen LogP contribution in [0.4, 0.5) is 0 Å². The van der Waals surface area contributed by atoms with Crippen LogP contribution >= 0.6 is 11.3 Å². The third-order valence-electron chi connectivity index (χ3n) is 4.90. The molecule has 0 aliphatic carbocycles. The van der Waals surface area contributed by atoms with Crippen LogP contribution in [0.3, 0.4) is 0 Å². The number of benzene rings is 1. The van der Waals surface area contributed by atoms with E-state index < -0.39 is 0 Å². The number of nitrogens with one attached hydrogen (secondary N) is 1. The summed E-state index contributed by atoms with van der Waals surface area (Å²) in [6, 6.07) is 9.99. The molecule has 0 radical (unpaired) electrons. The van der Waals surface area contributed by atoms with E-state index in [2.05, 4.69) is 21.4 Å². The molecule has 0 bridgehead atoms. The van der Waals surface area contributed by atoms with Crippen molar-refractivity contribution in [3.63, 3.8) is 0 Å². The minimum atomic E-state index is 0.0247. The van der Waals surface area contributed by atoms with Crippen LogP contribution in [-0.4, -0.2) is 38.8 Å². The Morgan fingerprint density at radius 1 is 1.26 bits per heavy atom. The Morgan fingerprint density at radius 2 is 2.19 bits per heavy atom. The number of aromatic nitrogens is 2. The molecule has 4 aromatic rings. The number of fused-ring (bicyclic) bond motifs is 2. The summed E-state index contributed by atoms with van der Waals surface area (Å²) in [6.45, 7) is 2.37. The van der Waals surface area contributed by atoms with Crippen molar-refractivity contribution in [2.75, 3.05) is 13.1 Å². The van der Waals surface area contributed by atoms with Gasteiger partial charge in [0.25, 0.3) is 0 Å². The second kappa shape index (κ2) is 7.62. The molecule has 0 spiro atoms. The van der Waals surface area contributed by atoms with Crippen LogP contribution in [0.15, 0.2) is 47.2 Å². The Balaban J connectivity index is 1.31. The average Bonchev–Trinajstić information content (AvgIpc) is 3.30. The summed E-state index contributed by atoms with van der Waals surface area (Å²) >= 11 is 1.52. The number of hydrogen-bond acceptors (Lipinski definition) is 6. The molecule has 27 heavy (non-hydrogen) atoms. The van der Waals surface area contributed by atoms with E-state index in [1.165, 1.54) is 53.4 Å². The van der Waals surface area contributed by atoms with Crippen LogP contribution in [0.2, 0.25) is 4.71 Å². The Labute approximate surface area is 167 Å². The van der Waals surface area contributed by atoms with Gasteiger partial charge in [0.2, 0.25) is 0 Å². The molecule has 1 N–H and O–H groups in total. The number of pyridine rings is 1. The SMILES string of the molecule is c1cnc2nc(Oc3ccc4c(C[AsH]C5CCNCC5)coc4c3)sc2c1. The zero-order chi connectivity index (χ0) is 18.1. The van der Waals surface area contributed by atoms with Gasteiger partial charge in [-0.05, 0) is 0 Å². The maximum atomic E-state index is 5.94. The van der Waals surface area contributed by atoms with Gasteiger partial charge < -0.3 is 0 Å². The third kappa shape index (κ3) is 3.75. The fourth-order valence-electron chi connectivity index (χ4n) is 3.44. The fraction of sp³-hybridized carbons (Fsp3) is 0.300. The second-order valence-electron chi connectivity index (χ2n) is 6.73. The molecule has 0 saturated carbocycles. The van der Waals surface area contributed by atoms with Gasteiger partial charge in [-0.15, -0.1) is 0 Å². The van der Waals surface area contributed by atoms with Crippen LogP contribution in [-0.2, 0) is 5.21 Å². The van der Waals surface area contributed by atoms with Gasteiger partial charge in [0.05, 0.1) is 0 Å². The number of furan rings is 1. The molecular weight excluding hydrogens is 421 g/mol. The van der Waals surface area contributed by atoms with Gasteiger partial charge in [-0.25, -0.2) is 0 Å². The molecule has 1 unspecified atom stereocenters. The van der Waals surface area contributed by atoms with Gasteiger partial charge in [-0.1, -0.05) is 0 Å². The van der Waals surface area contributed by atoms with Crippen LogP contribution in [0.1, 0.15) is 18.4 Å². The molecule has 1 aliphatic heterocycles. The van der Waals surface area contributed by atoms with E-state index in [9.17, 15) is 0 Å². The van der Waals surface area contributed by atoms with Crippen molar-refractivity contribution in [1.29, 1.82) is 0 Å². The molecule has 4 heterocycles. The van der Waals surface area contributed by atoms with E-state index in [0.717, 1.165) is 26.4 Å². The summed E-state index contributed by atoms with van der Waals surface area (Å²) in [5, 5.41) is 6.47. The van der Waals surface area contributed by atoms with E-state index in [-0.39, 0.29) is 15.8 Å². The molecular formula is C20H20AsN3O2S. The molecule has 1 fully saturated rings. The van der Waals surface area contributed by atoms with E-state index >= 15 is 0 Å². The minimum absolute atomic E-state index is 0.0247. The van der Waals surface area contributed by atoms with E-state index in [0.29, 0.717) is 5.19 Å². The number of hydrogen-bond donors (Lipinski definition) is 1. The first kappa shape index (κ1) is 17.2. The van der Waals surface area contributed by atoms with E-state index in [1.54, 1.807) is 6.20 Å². The van der Waals surface area contributed by atoms with Crippen molar-refractivity contribution in [3.05, 3.63) is 48.4 Å². The van der Waals surface area contributed by atoms with Gasteiger partial charge >= 0.3 is 168 Å². The van der Waals surface area contributed by atoms with E-state index in [4.69, 9.17) is 9.15 Å². The van der Waals surface area contributed by atoms with Crippen LogP contribution < -0.4 is 10.1 Å². The van der Waals surface area contributed by atoms with Crippen molar-refractivity contribution >= 4 is 48.4 Å². The summed E-state index contributed by atoms with van der Waals surface area (Å²) in [7, 11) is 0. The molecule has 1 aliphatic rings. The van der Waals surface area contributed by atoms with E-state index in [1.807, 2.05) is 30.5 Å². The standard InChI is InChI=1S/C20H20AsN3O2S/c1-2-18-19(23-7-1)24-20(27-18)26-15-3-4-16-13(12-25-17(16)10-15)11-21-14-5-8-22-9-6-14/h1-4,7,10,12,14,21-22H,5-6,8-9,11H2. The fourth-order valence-corrected chi connectivity index (χ4v) is 7.34. The van der Waals surface area contributed by atoms with Gasteiger partial charge in [-0.3, -0.25) is 0 Å². The molecule has 7 heteroatoms. The van der Waals surface area contributed by atoms with Crippen molar-refractivity contribution in [2.24, 2.45) is 0 Å². The van der Waals surface area contributed by atoms with Crippen molar-refractivity contribution in [1.82, 2.24) is 15.3 Å². The van der Waals surface area contributed by atoms with Crippen LogP contribution in [0.25, 0.3) is 21.3 Å². The molecule has 1 atom stereocenters. The van der Waals surface area contributed by atoms with Gasteiger partial charge in [0.1, 0.15) is 0 Å². The molecule has 1 saturated heterocycles. The maximum absolute atomic E-state index is 5.94. The summed E-state index contributed by atoms with van der Waals surface area (Å²) in [4.78, 5) is 8.68. The molecule has 1 aromatic carbocycles. The Hall–Kier alpha value is -1.88.